The maximum atomic E-state index is 13.3. The van der Waals surface area contributed by atoms with E-state index >= 15 is 0 Å². The first-order valence-electron chi connectivity index (χ1n) is 10.8. The van der Waals surface area contributed by atoms with E-state index in [0.29, 0.717) is 43.6 Å². The third-order valence-corrected chi connectivity index (χ3v) is 5.74. The van der Waals surface area contributed by atoms with Crippen LogP contribution in [0.1, 0.15) is 41.5 Å². The Morgan fingerprint density at radius 1 is 1.32 bits per heavy atom. The van der Waals surface area contributed by atoms with Gasteiger partial charge in [-0.1, -0.05) is 12.2 Å². The topological polar surface area (TPSA) is 94.2 Å². The van der Waals surface area contributed by atoms with Crippen molar-refractivity contribution in [2.24, 2.45) is 0 Å². The zero-order chi connectivity index (χ0) is 24.9. The Morgan fingerprint density at radius 2 is 2.03 bits per heavy atom. The van der Waals surface area contributed by atoms with E-state index in [2.05, 4.69) is 26.8 Å². The number of nitrogens with zero attached hydrogens (tertiary/aromatic N) is 4. The minimum Gasteiger partial charge on any atom is -0.357 e. The maximum Gasteiger partial charge on any atom is 0.433 e. The predicted molar refractivity (Wildman–Crippen MR) is 122 cm³/mol. The van der Waals surface area contributed by atoms with Crippen molar-refractivity contribution in [1.29, 1.82) is 0 Å². The van der Waals surface area contributed by atoms with E-state index in [4.69, 9.17) is 0 Å². The van der Waals surface area contributed by atoms with Crippen molar-refractivity contribution in [3.8, 4) is 0 Å². The van der Waals surface area contributed by atoms with E-state index in [1.807, 2.05) is 0 Å². The van der Waals surface area contributed by atoms with E-state index in [1.54, 1.807) is 48.2 Å². The van der Waals surface area contributed by atoms with Crippen molar-refractivity contribution < 1.29 is 22.8 Å². The van der Waals surface area contributed by atoms with Crippen LogP contribution >= 0.6 is 0 Å². The van der Waals surface area contributed by atoms with E-state index in [9.17, 15) is 22.8 Å². The highest BCUT2D eigenvalue weighted by molar-refractivity contribution is 6.21. The SMILES string of the molecule is C=CCNC(=O)c1[nH]ccc1/C(=C\C)C(=O)N(C)C1CCN(c2nccc(C(F)(F)F)n2)CC1. The second-order valence-electron chi connectivity index (χ2n) is 7.84. The number of anilines is 1. The van der Waals surface area contributed by atoms with Gasteiger partial charge in [-0.2, -0.15) is 13.2 Å². The summed E-state index contributed by atoms with van der Waals surface area (Å²) in [5.74, 6) is -0.559. The van der Waals surface area contributed by atoms with E-state index in [1.165, 1.54) is 0 Å². The molecular formula is C23H27F3N6O2. The lowest BCUT2D eigenvalue weighted by molar-refractivity contribution is -0.141. The number of rotatable bonds is 7. The van der Waals surface area contributed by atoms with Crippen LogP contribution in [0.2, 0.25) is 0 Å². The average molecular weight is 477 g/mol. The molecule has 0 unspecified atom stereocenters. The number of aromatic amines is 1. The smallest absolute Gasteiger partial charge is 0.357 e. The molecule has 2 aromatic heterocycles. The van der Waals surface area contributed by atoms with Gasteiger partial charge in [0.2, 0.25) is 5.95 Å². The molecule has 0 spiro atoms. The zero-order valence-electron chi connectivity index (χ0n) is 19.0. The molecule has 0 radical (unpaired) electrons. The number of hydrogen-bond donors (Lipinski definition) is 2. The molecule has 1 saturated heterocycles. The summed E-state index contributed by atoms with van der Waals surface area (Å²) in [6.45, 7) is 6.42. The van der Waals surface area contributed by atoms with Crippen molar-refractivity contribution in [2.45, 2.75) is 32.0 Å². The number of halogens is 3. The largest absolute Gasteiger partial charge is 0.433 e. The highest BCUT2D eigenvalue weighted by atomic mass is 19.4. The van der Waals surface area contributed by atoms with Gasteiger partial charge in [0.15, 0.2) is 0 Å². The summed E-state index contributed by atoms with van der Waals surface area (Å²) in [5.41, 5.74) is 0.184. The summed E-state index contributed by atoms with van der Waals surface area (Å²) in [7, 11) is 1.69. The quantitative estimate of drug-likeness (QED) is 0.473. The number of carbonyl (C=O) groups is 2. The van der Waals surface area contributed by atoms with Crippen molar-refractivity contribution >= 4 is 23.3 Å². The molecule has 3 rings (SSSR count). The monoisotopic (exact) mass is 476 g/mol. The number of nitrogens with one attached hydrogen (secondary N) is 2. The fourth-order valence-electron chi connectivity index (χ4n) is 3.90. The second kappa shape index (κ2) is 10.5. The van der Waals surface area contributed by atoms with Crippen LogP contribution in [0, 0.1) is 0 Å². The summed E-state index contributed by atoms with van der Waals surface area (Å²) in [6, 6.07) is 2.40. The first kappa shape index (κ1) is 25.0. The van der Waals surface area contributed by atoms with Gasteiger partial charge in [0, 0.05) is 56.3 Å². The molecule has 0 aromatic carbocycles. The number of carbonyl (C=O) groups excluding carboxylic acids is 2. The highest BCUT2D eigenvalue weighted by Gasteiger charge is 2.34. The van der Waals surface area contributed by atoms with Gasteiger partial charge in [0.25, 0.3) is 11.8 Å². The van der Waals surface area contributed by atoms with E-state index in [0.717, 1.165) is 12.3 Å². The average Bonchev–Trinajstić information content (AvgIpc) is 3.31. The molecule has 0 bridgehead atoms. The molecule has 2 amide bonds. The Balaban J connectivity index is 1.68. The Morgan fingerprint density at radius 3 is 2.65 bits per heavy atom. The minimum absolute atomic E-state index is 0.0268. The van der Waals surface area contributed by atoms with Crippen molar-refractivity contribution in [1.82, 2.24) is 25.2 Å². The maximum absolute atomic E-state index is 13.3. The number of alkyl halides is 3. The van der Waals surface area contributed by atoms with Gasteiger partial charge in [-0.25, -0.2) is 9.97 Å². The van der Waals surface area contributed by atoms with Gasteiger partial charge in [0.05, 0.1) is 0 Å². The summed E-state index contributed by atoms with van der Waals surface area (Å²) in [5, 5.41) is 2.69. The molecule has 3 heterocycles. The van der Waals surface area contributed by atoms with Crippen molar-refractivity contribution in [3.63, 3.8) is 0 Å². The zero-order valence-corrected chi connectivity index (χ0v) is 19.0. The van der Waals surface area contributed by atoms with Gasteiger partial charge in [-0.15, -0.1) is 6.58 Å². The molecular weight excluding hydrogens is 449 g/mol. The third-order valence-electron chi connectivity index (χ3n) is 5.74. The van der Waals surface area contributed by atoms with Crippen LogP contribution in [-0.4, -0.2) is 64.4 Å². The number of H-pyrrole nitrogens is 1. The lowest BCUT2D eigenvalue weighted by Gasteiger charge is -2.37. The molecule has 11 heteroatoms. The third kappa shape index (κ3) is 5.46. The van der Waals surface area contributed by atoms with Gasteiger partial charge < -0.3 is 20.1 Å². The molecule has 1 aliphatic rings. The van der Waals surface area contributed by atoms with Crippen molar-refractivity contribution in [3.05, 3.63) is 60.2 Å². The van der Waals surface area contributed by atoms with Gasteiger partial charge in [-0.05, 0) is 31.9 Å². The molecule has 0 aliphatic carbocycles. The summed E-state index contributed by atoms with van der Waals surface area (Å²) in [4.78, 5) is 39.6. The number of amides is 2. The standard InChI is InChI=1S/C23H27F3N6O2/c1-4-10-28-20(33)19-17(6-11-27-19)16(5-2)21(34)31(3)15-8-13-32(14-9-15)22-29-12-7-18(30-22)23(24,25)26/h4-7,11-12,15,27H,1,8-10,13-14H2,2-3H3,(H,28,33)/b16-5+. The second-order valence-corrected chi connectivity index (χ2v) is 7.84. The molecule has 0 atom stereocenters. The Bertz CT molecular complexity index is 1070. The molecule has 8 nitrogen and oxygen atoms in total. The molecule has 182 valence electrons. The van der Waals surface area contributed by atoms with Gasteiger partial charge in [0.1, 0.15) is 11.4 Å². The summed E-state index contributed by atoms with van der Waals surface area (Å²) < 4.78 is 38.9. The van der Waals surface area contributed by atoms with Crippen molar-refractivity contribution in [2.75, 3.05) is 31.6 Å². The fraction of sp³-hybridized carbons (Fsp3) is 0.391. The molecule has 2 aromatic rings. The molecule has 2 N–H and O–H groups in total. The van der Waals surface area contributed by atoms with Crippen LogP contribution in [0.3, 0.4) is 0 Å². The van der Waals surface area contributed by atoms with E-state index < -0.39 is 11.9 Å². The first-order chi connectivity index (χ1) is 16.2. The highest BCUT2D eigenvalue weighted by Crippen LogP contribution is 2.29. The summed E-state index contributed by atoms with van der Waals surface area (Å²) in [6.07, 6.45) is 2.47. The van der Waals surface area contributed by atoms with Crippen LogP contribution < -0.4 is 10.2 Å². The van der Waals surface area contributed by atoms with Crippen LogP contribution in [0.5, 0.6) is 0 Å². The van der Waals surface area contributed by atoms with Crippen LogP contribution in [-0.2, 0) is 11.0 Å². The number of piperidine rings is 1. The predicted octanol–water partition coefficient (Wildman–Crippen LogP) is 3.27. The Labute approximate surface area is 195 Å². The van der Waals surface area contributed by atoms with Crippen LogP contribution in [0.15, 0.2) is 43.3 Å². The Kier molecular flexibility index (Phi) is 7.75. The van der Waals surface area contributed by atoms with Gasteiger partial charge >= 0.3 is 6.18 Å². The lowest BCUT2D eigenvalue weighted by Crippen LogP contribution is -2.46. The number of likely N-dealkylation sites (N-methyl/N-ethyl adjacent to an activating group) is 1. The molecule has 1 aliphatic heterocycles. The van der Waals surface area contributed by atoms with Gasteiger partial charge in [-0.3, -0.25) is 9.59 Å². The molecule has 1 fully saturated rings. The van der Waals surface area contributed by atoms with Crippen LogP contribution in [0.25, 0.3) is 5.57 Å². The number of hydrogen-bond acceptors (Lipinski definition) is 5. The lowest BCUT2D eigenvalue weighted by atomic mass is 10.00. The fourth-order valence-corrected chi connectivity index (χ4v) is 3.90. The first-order valence-corrected chi connectivity index (χ1v) is 10.8. The molecule has 0 saturated carbocycles. The number of aromatic nitrogens is 3. The Hall–Kier alpha value is -3.63. The van der Waals surface area contributed by atoms with E-state index in [-0.39, 0.29) is 29.5 Å². The van der Waals surface area contributed by atoms with Crippen LogP contribution in [0.4, 0.5) is 19.1 Å². The molecule has 34 heavy (non-hydrogen) atoms. The minimum atomic E-state index is -4.54. The number of allylic oxidation sites excluding steroid dienone is 1. The normalized spacial score (nSPS) is 15.2. The summed E-state index contributed by atoms with van der Waals surface area (Å²) >= 11 is 0.